The Bertz CT molecular complexity index is 423. The van der Waals surface area contributed by atoms with Crippen molar-refractivity contribution in [2.45, 2.75) is 19.9 Å². The number of nitrogens with one attached hydrogen (secondary N) is 1. The van der Waals surface area contributed by atoms with E-state index in [0.29, 0.717) is 6.04 Å². The van der Waals surface area contributed by atoms with Crippen molar-refractivity contribution >= 4 is 17.0 Å². The van der Waals surface area contributed by atoms with E-state index in [1.165, 1.54) is 10.4 Å². The first-order valence-electron chi connectivity index (χ1n) is 4.97. The van der Waals surface area contributed by atoms with Crippen molar-refractivity contribution in [2.24, 2.45) is 0 Å². The standard InChI is InChI=1S/C12H14N2S/c1-9-4-3-5-11(6-9)14-10(2)12-7-13-8-15-12/h3-8,10,14H,1-2H3. The van der Waals surface area contributed by atoms with E-state index >= 15 is 0 Å². The van der Waals surface area contributed by atoms with Gasteiger partial charge >= 0.3 is 0 Å². The van der Waals surface area contributed by atoms with Gasteiger partial charge in [0.25, 0.3) is 0 Å². The summed E-state index contributed by atoms with van der Waals surface area (Å²) in [7, 11) is 0. The zero-order valence-electron chi connectivity index (χ0n) is 8.90. The maximum absolute atomic E-state index is 4.08. The molecule has 0 aliphatic heterocycles. The van der Waals surface area contributed by atoms with Crippen molar-refractivity contribution in [1.29, 1.82) is 0 Å². The zero-order chi connectivity index (χ0) is 10.7. The second-order valence-electron chi connectivity index (χ2n) is 3.64. The molecule has 1 atom stereocenters. The van der Waals surface area contributed by atoms with Crippen LogP contribution in [0.3, 0.4) is 0 Å². The van der Waals surface area contributed by atoms with Gasteiger partial charge < -0.3 is 5.32 Å². The molecular weight excluding hydrogens is 204 g/mol. The van der Waals surface area contributed by atoms with E-state index in [9.17, 15) is 0 Å². The Balaban J connectivity index is 2.09. The van der Waals surface area contributed by atoms with Crippen molar-refractivity contribution in [3.8, 4) is 0 Å². The number of aryl methyl sites for hydroxylation is 1. The predicted octanol–water partition coefficient (Wildman–Crippen LogP) is 3.62. The first kappa shape index (κ1) is 10.2. The van der Waals surface area contributed by atoms with Gasteiger partial charge in [-0.25, -0.2) is 0 Å². The molecule has 3 heteroatoms. The maximum atomic E-state index is 4.08. The summed E-state index contributed by atoms with van der Waals surface area (Å²) in [6, 6.07) is 8.72. The van der Waals surface area contributed by atoms with Gasteiger partial charge in [0.2, 0.25) is 0 Å². The Morgan fingerprint density at radius 1 is 1.40 bits per heavy atom. The molecular formula is C12H14N2S. The number of aromatic nitrogens is 1. The number of nitrogens with zero attached hydrogens (tertiary/aromatic N) is 1. The number of rotatable bonds is 3. The Morgan fingerprint density at radius 3 is 2.93 bits per heavy atom. The fraction of sp³-hybridized carbons (Fsp3) is 0.250. The molecule has 1 aromatic heterocycles. The lowest BCUT2D eigenvalue weighted by Crippen LogP contribution is -2.04. The number of hydrogen-bond acceptors (Lipinski definition) is 3. The van der Waals surface area contributed by atoms with Gasteiger partial charge in [-0.15, -0.1) is 11.3 Å². The zero-order valence-corrected chi connectivity index (χ0v) is 9.71. The molecule has 1 unspecified atom stereocenters. The van der Waals surface area contributed by atoms with Gasteiger partial charge in [0.15, 0.2) is 0 Å². The second kappa shape index (κ2) is 4.45. The van der Waals surface area contributed by atoms with Crippen LogP contribution in [0.15, 0.2) is 36.0 Å². The van der Waals surface area contributed by atoms with Gasteiger partial charge in [-0.05, 0) is 31.5 Å². The molecule has 0 spiro atoms. The highest BCUT2D eigenvalue weighted by molar-refractivity contribution is 7.09. The van der Waals surface area contributed by atoms with Gasteiger partial charge in [0.1, 0.15) is 0 Å². The summed E-state index contributed by atoms with van der Waals surface area (Å²) in [5.74, 6) is 0. The van der Waals surface area contributed by atoms with Crippen LogP contribution in [0, 0.1) is 6.92 Å². The topological polar surface area (TPSA) is 24.9 Å². The quantitative estimate of drug-likeness (QED) is 0.851. The third-order valence-corrected chi connectivity index (χ3v) is 3.24. The van der Waals surface area contributed by atoms with Crippen molar-refractivity contribution < 1.29 is 0 Å². The van der Waals surface area contributed by atoms with Crippen molar-refractivity contribution in [1.82, 2.24) is 4.98 Å². The van der Waals surface area contributed by atoms with Gasteiger partial charge in [-0.2, -0.15) is 0 Å². The summed E-state index contributed by atoms with van der Waals surface area (Å²) in [6.45, 7) is 4.25. The van der Waals surface area contributed by atoms with Crippen LogP contribution >= 0.6 is 11.3 Å². The molecule has 2 nitrogen and oxygen atoms in total. The van der Waals surface area contributed by atoms with Crippen LogP contribution in [0.5, 0.6) is 0 Å². The molecule has 0 saturated heterocycles. The fourth-order valence-corrected chi connectivity index (χ4v) is 2.12. The lowest BCUT2D eigenvalue weighted by Gasteiger charge is -2.13. The summed E-state index contributed by atoms with van der Waals surface area (Å²) < 4.78 is 0. The van der Waals surface area contributed by atoms with E-state index in [1.54, 1.807) is 11.3 Å². The molecule has 0 aliphatic rings. The smallest absolute Gasteiger partial charge is 0.0795 e. The molecule has 0 aliphatic carbocycles. The molecule has 1 heterocycles. The van der Waals surface area contributed by atoms with E-state index in [2.05, 4.69) is 48.4 Å². The molecule has 1 N–H and O–H groups in total. The first-order chi connectivity index (χ1) is 7.25. The van der Waals surface area contributed by atoms with E-state index in [4.69, 9.17) is 0 Å². The summed E-state index contributed by atoms with van der Waals surface area (Å²) in [6.07, 6.45) is 1.91. The molecule has 1 aromatic carbocycles. The number of benzene rings is 1. The van der Waals surface area contributed by atoms with Crippen LogP contribution in [-0.4, -0.2) is 4.98 Å². The van der Waals surface area contributed by atoms with E-state index < -0.39 is 0 Å². The molecule has 15 heavy (non-hydrogen) atoms. The summed E-state index contributed by atoms with van der Waals surface area (Å²) >= 11 is 1.68. The Labute approximate surface area is 94.0 Å². The first-order valence-corrected chi connectivity index (χ1v) is 5.85. The number of anilines is 1. The van der Waals surface area contributed by atoms with Crippen LogP contribution in [-0.2, 0) is 0 Å². The largest absolute Gasteiger partial charge is 0.378 e. The second-order valence-corrected chi connectivity index (χ2v) is 4.56. The molecule has 0 bridgehead atoms. The average molecular weight is 218 g/mol. The monoisotopic (exact) mass is 218 g/mol. The minimum Gasteiger partial charge on any atom is -0.378 e. The van der Waals surface area contributed by atoms with Gasteiger partial charge in [0.05, 0.1) is 11.6 Å². The molecule has 0 saturated carbocycles. The molecule has 0 radical (unpaired) electrons. The van der Waals surface area contributed by atoms with E-state index in [0.717, 1.165) is 5.69 Å². The molecule has 2 aromatic rings. The van der Waals surface area contributed by atoms with E-state index in [1.807, 2.05) is 11.7 Å². The Kier molecular flexibility index (Phi) is 3.02. The number of thiazole rings is 1. The lowest BCUT2D eigenvalue weighted by molar-refractivity contribution is 0.903. The summed E-state index contributed by atoms with van der Waals surface area (Å²) in [4.78, 5) is 5.34. The summed E-state index contributed by atoms with van der Waals surface area (Å²) in [5, 5.41) is 3.46. The highest BCUT2D eigenvalue weighted by atomic mass is 32.1. The number of hydrogen-bond donors (Lipinski definition) is 1. The average Bonchev–Trinajstić information content (AvgIpc) is 2.70. The van der Waals surface area contributed by atoms with Crippen molar-refractivity contribution in [3.63, 3.8) is 0 Å². The normalized spacial score (nSPS) is 12.4. The predicted molar refractivity (Wildman–Crippen MR) is 65.3 cm³/mol. The highest BCUT2D eigenvalue weighted by Crippen LogP contribution is 2.22. The molecule has 2 rings (SSSR count). The van der Waals surface area contributed by atoms with Crippen molar-refractivity contribution in [2.75, 3.05) is 5.32 Å². The SMILES string of the molecule is Cc1cccc(NC(C)c2cncs2)c1. The fourth-order valence-electron chi connectivity index (χ4n) is 1.50. The lowest BCUT2D eigenvalue weighted by atomic mass is 10.2. The van der Waals surface area contributed by atoms with Gasteiger partial charge in [-0.1, -0.05) is 12.1 Å². The maximum Gasteiger partial charge on any atom is 0.0795 e. The van der Waals surface area contributed by atoms with Crippen LogP contribution < -0.4 is 5.32 Å². The van der Waals surface area contributed by atoms with Crippen molar-refractivity contribution in [3.05, 3.63) is 46.4 Å². The molecule has 78 valence electrons. The van der Waals surface area contributed by atoms with E-state index in [-0.39, 0.29) is 0 Å². The Hall–Kier alpha value is -1.35. The van der Waals surface area contributed by atoms with Crippen LogP contribution in [0.1, 0.15) is 23.4 Å². The minimum atomic E-state index is 0.319. The third kappa shape index (κ3) is 2.57. The van der Waals surface area contributed by atoms with Crippen LogP contribution in [0.4, 0.5) is 5.69 Å². The van der Waals surface area contributed by atoms with Crippen LogP contribution in [0.25, 0.3) is 0 Å². The third-order valence-electron chi connectivity index (χ3n) is 2.28. The minimum absolute atomic E-state index is 0.319. The van der Waals surface area contributed by atoms with Gasteiger partial charge in [0, 0.05) is 16.8 Å². The summed E-state index contributed by atoms with van der Waals surface area (Å²) in [5.41, 5.74) is 4.30. The molecule has 0 amide bonds. The van der Waals surface area contributed by atoms with Crippen LogP contribution in [0.2, 0.25) is 0 Å². The Morgan fingerprint density at radius 2 is 2.27 bits per heavy atom. The highest BCUT2D eigenvalue weighted by Gasteiger charge is 2.06. The molecule has 0 fully saturated rings. The van der Waals surface area contributed by atoms with Gasteiger partial charge in [-0.3, -0.25) is 4.98 Å².